The average molecular weight is 898 g/mol. The number of aryl methyl sites for hydroxylation is 1. The largest absolute Gasteiger partial charge is 0.443 e. The number of nitrogens with zero attached hydrogens (tertiary/aromatic N) is 6. The second-order valence-electron chi connectivity index (χ2n) is 12.0. The number of fused-ring (bicyclic) bond motifs is 2. The third-order valence-electron chi connectivity index (χ3n) is 8.11. The van der Waals surface area contributed by atoms with Crippen LogP contribution in [0.1, 0.15) is 67.5 Å². The van der Waals surface area contributed by atoms with Crippen LogP contribution in [-0.4, -0.2) is 53.4 Å². The molecule has 6 aromatic rings. The number of carbonyl (C=O) groups excluding carboxylic acids is 4. The molecule has 21 heteroatoms. The van der Waals surface area contributed by atoms with Crippen LogP contribution in [0.15, 0.2) is 85.5 Å². The second-order valence-corrected chi connectivity index (χ2v) is 15.5. The third-order valence-corrected chi connectivity index (χ3v) is 11.0. The van der Waals surface area contributed by atoms with Gasteiger partial charge >= 0.3 is 12.4 Å². The van der Waals surface area contributed by atoms with Gasteiger partial charge in [0.1, 0.15) is 5.15 Å². The monoisotopic (exact) mass is 896 g/mol. The molecule has 2 aliphatic heterocycles. The van der Waals surface area contributed by atoms with Gasteiger partial charge in [-0.3, -0.25) is 34.0 Å². The first-order valence-electron chi connectivity index (χ1n) is 16.2. The lowest BCUT2D eigenvalue weighted by molar-refractivity contribution is -0.138. The van der Waals surface area contributed by atoms with Gasteiger partial charge in [-0.2, -0.15) is 26.3 Å². The number of thiazole rings is 2. The molecule has 0 spiro atoms. The SMILES string of the molecule is Cc1cnc(C(F)(F)F)s1.O=C1c2ccccc2C(=O)N1Cc1cc(-c2cnc(C(F)(F)F)s2)ncc1Cl.O=C1c2ccccc2C(=O)N1Cc1cc(Cl)ncc1Cl. The number of hydrogen-bond donors (Lipinski definition) is 0. The molecule has 0 radical (unpaired) electrons. The fourth-order valence-electron chi connectivity index (χ4n) is 5.42. The van der Waals surface area contributed by atoms with E-state index in [4.69, 9.17) is 34.8 Å². The smallest absolute Gasteiger partial charge is 0.270 e. The highest BCUT2D eigenvalue weighted by Crippen LogP contribution is 2.37. The summed E-state index contributed by atoms with van der Waals surface area (Å²) in [6.07, 6.45) is -3.85. The Labute approximate surface area is 346 Å². The summed E-state index contributed by atoms with van der Waals surface area (Å²) in [6, 6.07) is 16.2. The van der Waals surface area contributed by atoms with Crippen molar-refractivity contribution in [3.05, 3.63) is 149 Å². The molecule has 298 valence electrons. The van der Waals surface area contributed by atoms with Crippen molar-refractivity contribution in [3.63, 3.8) is 0 Å². The summed E-state index contributed by atoms with van der Waals surface area (Å²) in [5, 5.41) is -0.932. The molecule has 10 nitrogen and oxygen atoms in total. The Morgan fingerprint density at radius 2 is 0.983 bits per heavy atom. The van der Waals surface area contributed by atoms with Crippen LogP contribution >= 0.6 is 57.5 Å². The number of carbonyl (C=O) groups is 4. The Morgan fingerprint density at radius 3 is 1.38 bits per heavy atom. The lowest BCUT2D eigenvalue weighted by atomic mass is 10.1. The summed E-state index contributed by atoms with van der Waals surface area (Å²) in [4.78, 5) is 66.9. The van der Waals surface area contributed by atoms with Gasteiger partial charge in [0.2, 0.25) is 0 Å². The van der Waals surface area contributed by atoms with Gasteiger partial charge in [0, 0.05) is 29.7 Å². The third kappa shape index (κ3) is 9.21. The van der Waals surface area contributed by atoms with Gasteiger partial charge in [0.05, 0.1) is 56.0 Å². The van der Waals surface area contributed by atoms with E-state index in [1.54, 1.807) is 61.5 Å². The average Bonchev–Trinajstić information content (AvgIpc) is 3.96. The van der Waals surface area contributed by atoms with Crippen molar-refractivity contribution in [2.24, 2.45) is 0 Å². The van der Waals surface area contributed by atoms with Crippen LogP contribution in [0.4, 0.5) is 26.3 Å². The van der Waals surface area contributed by atoms with Crippen LogP contribution in [0.2, 0.25) is 15.2 Å². The van der Waals surface area contributed by atoms with E-state index in [0.717, 1.165) is 16.0 Å². The minimum Gasteiger partial charge on any atom is -0.270 e. The zero-order valence-electron chi connectivity index (χ0n) is 29.0. The summed E-state index contributed by atoms with van der Waals surface area (Å²) in [5.74, 6) is -1.55. The molecule has 0 atom stereocenters. The van der Waals surface area contributed by atoms with Crippen LogP contribution in [-0.2, 0) is 25.4 Å². The molecule has 6 heterocycles. The van der Waals surface area contributed by atoms with Crippen molar-refractivity contribution < 1.29 is 45.5 Å². The van der Waals surface area contributed by atoms with Crippen molar-refractivity contribution in [1.82, 2.24) is 29.7 Å². The number of aromatic nitrogens is 4. The van der Waals surface area contributed by atoms with Crippen molar-refractivity contribution in [1.29, 1.82) is 0 Å². The van der Waals surface area contributed by atoms with Crippen LogP contribution in [0.5, 0.6) is 0 Å². The summed E-state index contributed by atoms with van der Waals surface area (Å²) < 4.78 is 73.6. The van der Waals surface area contributed by atoms with E-state index < -0.39 is 34.2 Å². The highest BCUT2D eigenvalue weighted by Gasteiger charge is 2.38. The van der Waals surface area contributed by atoms with Gasteiger partial charge in [-0.1, -0.05) is 59.1 Å². The Kier molecular flexibility index (Phi) is 12.3. The molecule has 0 N–H and O–H groups in total. The van der Waals surface area contributed by atoms with Gasteiger partial charge in [0.25, 0.3) is 23.6 Å². The Hall–Kier alpha value is -5.27. The summed E-state index contributed by atoms with van der Waals surface area (Å²) >= 11 is 19.1. The van der Waals surface area contributed by atoms with Crippen LogP contribution in [0.25, 0.3) is 10.6 Å². The summed E-state index contributed by atoms with van der Waals surface area (Å²) in [7, 11) is 0. The molecule has 0 unspecified atom stereocenters. The molecule has 4 aromatic heterocycles. The molecule has 0 fully saturated rings. The van der Waals surface area contributed by atoms with E-state index in [2.05, 4.69) is 19.9 Å². The van der Waals surface area contributed by atoms with E-state index in [-0.39, 0.29) is 45.7 Å². The Bertz CT molecular complexity index is 2510. The molecule has 2 aromatic carbocycles. The normalized spacial score (nSPS) is 13.6. The summed E-state index contributed by atoms with van der Waals surface area (Å²) in [6.45, 7) is 1.55. The van der Waals surface area contributed by atoms with Crippen molar-refractivity contribution >= 4 is 81.1 Å². The number of rotatable bonds is 5. The first kappa shape index (κ1) is 42.3. The first-order valence-corrected chi connectivity index (χ1v) is 19.0. The minimum atomic E-state index is -4.54. The van der Waals surface area contributed by atoms with E-state index in [1.807, 2.05) is 0 Å². The maximum atomic E-state index is 12.8. The maximum Gasteiger partial charge on any atom is 0.443 e. The molecule has 0 saturated heterocycles. The van der Waals surface area contributed by atoms with Gasteiger partial charge in [0.15, 0.2) is 10.0 Å². The topological polar surface area (TPSA) is 126 Å². The van der Waals surface area contributed by atoms with Crippen molar-refractivity contribution in [3.8, 4) is 10.6 Å². The molecule has 58 heavy (non-hydrogen) atoms. The molecule has 8 rings (SSSR count). The van der Waals surface area contributed by atoms with E-state index in [0.29, 0.717) is 66.0 Å². The molecule has 0 saturated carbocycles. The number of pyridine rings is 2. The second kappa shape index (κ2) is 16.9. The van der Waals surface area contributed by atoms with Gasteiger partial charge in [-0.05, 0) is 54.4 Å². The number of imide groups is 2. The van der Waals surface area contributed by atoms with Gasteiger partial charge in [-0.15, -0.1) is 22.7 Å². The molecule has 0 aliphatic carbocycles. The van der Waals surface area contributed by atoms with Crippen molar-refractivity contribution in [2.75, 3.05) is 0 Å². The number of amides is 4. The Morgan fingerprint density at radius 1 is 0.569 bits per heavy atom. The fraction of sp³-hybridized carbons (Fsp3) is 0.135. The molecular formula is C37H21Cl3F6N6O4S2. The van der Waals surface area contributed by atoms with Gasteiger partial charge < -0.3 is 0 Å². The number of benzene rings is 2. The highest BCUT2D eigenvalue weighted by molar-refractivity contribution is 7.15. The molecular weight excluding hydrogens is 877 g/mol. The zero-order valence-corrected chi connectivity index (χ0v) is 32.9. The quantitative estimate of drug-likeness (QED) is 0.0951. The van der Waals surface area contributed by atoms with Crippen LogP contribution in [0, 0.1) is 6.92 Å². The Balaban J connectivity index is 0.000000164. The standard InChI is InChI=1S/C18H9ClF3N3O2S.C14H8Cl2N2O2.C5H4F3NS/c19-12-6-23-13(14-7-24-17(28-14)18(20,21)22)5-9(12)8-25-15(26)10-3-1-2-4-11(10)16(25)27;15-11-6-17-12(16)5-8(11)7-18-13(19)9-3-1-2-4-10(9)14(18)20;1-3-2-9-4(10-3)5(6,7)8/h1-7H,8H2;1-6H,7H2;2H,1H3. The molecule has 0 bridgehead atoms. The van der Waals surface area contributed by atoms with Crippen molar-refractivity contribution in [2.45, 2.75) is 32.4 Å². The number of alkyl halides is 6. The molecule has 2 aliphatic rings. The minimum absolute atomic E-state index is 0.0768. The fourth-order valence-corrected chi connectivity index (χ4v) is 7.31. The predicted octanol–water partition coefficient (Wildman–Crippen LogP) is 10.3. The number of hydrogen-bond acceptors (Lipinski definition) is 10. The van der Waals surface area contributed by atoms with Crippen LogP contribution < -0.4 is 0 Å². The molecule has 4 amide bonds. The predicted molar refractivity (Wildman–Crippen MR) is 203 cm³/mol. The van der Waals surface area contributed by atoms with Gasteiger partial charge in [-0.25, -0.2) is 15.0 Å². The lowest BCUT2D eigenvalue weighted by Crippen LogP contribution is -2.29. The number of halogens is 9. The lowest BCUT2D eigenvalue weighted by Gasteiger charge is -2.15. The van der Waals surface area contributed by atoms with E-state index in [1.165, 1.54) is 24.7 Å². The first-order chi connectivity index (χ1) is 27.3. The highest BCUT2D eigenvalue weighted by atomic mass is 35.5. The maximum absolute atomic E-state index is 12.8. The summed E-state index contributed by atoms with van der Waals surface area (Å²) in [5.41, 5.74) is 2.63. The zero-order chi connectivity index (χ0) is 42.1. The van der Waals surface area contributed by atoms with Crippen LogP contribution in [0.3, 0.4) is 0 Å². The van der Waals surface area contributed by atoms with E-state index >= 15 is 0 Å². The van der Waals surface area contributed by atoms with E-state index in [9.17, 15) is 45.5 Å².